The average Bonchev–Trinajstić information content (AvgIpc) is 3.11. The molecule has 4 rings (SSSR count). The van der Waals surface area contributed by atoms with Crippen molar-refractivity contribution in [2.75, 3.05) is 0 Å². The first-order chi connectivity index (χ1) is 12.3. The first kappa shape index (κ1) is 15.0. The zero-order valence-corrected chi connectivity index (χ0v) is 13.3. The van der Waals surface area contributed by atoms with Crippen LogP contribution >= 0.6 is 0 Å². The second kappa shape index (κ2) is 6.52. The second-order valence-corrected chi connectivity index (χ2v) is 5.56. The van der Waals surface area contributed by atoms with Gasteiger partial charge in [0.2, 0.25) is 0 Å². The highest BCUT2D eigenvalue weighted by Crippen LogP contribution is 2.25. The molecule has 0 aliphatic rings. The summed E-state index contributed by atoms with van der Waals surface area (Å²) in [6, 6.07) is 17.2. The standard InChI is InChI=1S/C19H15N5O/c25-19(22-12-15-8-4-5-9-20-15)14-10-16-17(13-6-2-1-3-7-13)23-24-18(16)21-11-14/h1-11H,12H2,(H,22,25)(H,21,23,24). The van der Waals surface area contributed by atoms with Crippen molar-refractivity contribution in [2.24, 2.45) is 0 Å². The highest BCUT2D eigenvalue weighted by atomic mass is 16.1. The minimum absolute atomic E-state index is 0.194. The number of rotatable bonds is 4. The summed E-state index contributed by atoms with van der Waals surface area (Å²) in [5.41, 5.74) is 3.70. The van der Waals surface area contributed by atoms with E-state index >= 15 is 0 Å². The molecule has 6 heteroatoms. The van der Waals surface area contributed by atoms with E-state index in [9.17, 15) is 4.79 Å². The number of hydrogen-bond donors (Lipinski definition) is 2. The third-order valence-corrected chi connectivity index (χ3v) is 3.88. The molecule has 2 N–H and O–H groups in total. The Hall–Kier alpha value is -3.54. The van der Waals surface area contributed by atoms with Crippen molar-refractivity contribution in [3.63, 3.8) is 0 Å². The molecule has 0 aliphatic heterocycles. The van der Waals surface area contributed by atoms with Gasteiger partial charge in [0.15, 0.2) is 5.65 Å². The zero-order valence-electron chi connectivity index (χ0n) is 13.3. The van der Waals surface area contributed by atoms with Gasteiger partial charge >= 0.3 is 0 Å². The largest absolute Gasteiger partial charge is 0.346 e. The number of fused-ring (bicyclic) bond motifs is 1. The topological polar surface area (TPSA) is 83.6 Å². The lowest BCUT2D eigenvalue weighted by atomic mass is 10.1. The summed E-state index contributed by atoms with van der Waals surface area (Å²) < 4.78 is 0. The fraction of sp³-hybridized carbons (Fsp3) is 0.0526. The molecule has 0 atom stereocenters. The van der Waals surface area contributed by atoms with Gasteiger partial charge in [-0.3, -0.25) is 14.9 Å². The Morgan fingerprint density at radius 2 is 1.88 bits per heavy atom. The summed E-state index contributed by atoms with van der Waals surface area (Å²) in [7, 11) is 0. The smallest absolute Gasteiger partial charge is 0.253 e. The van der Waals surface area contributed by atoms with Crippen LogP contribution in [-0.4, -0.2) is 26.1 Å². The van der Waals surface area contributed by atoms with Gasteiger partial charge in [-0.25, -0.2) is 4.98 Å². The highest BCUT2D eigenvalue weighted by Gasteiger charge is 2.13. The molecule has 0 saturated carbocycles. The molecular formula is C19H15N5O. The van der Waals surface area contributed by atoms with Crippen LogP contribution in [0.5, 0.6) is 0 Å². The van der Waals surface area contributed by atoms with E-state index < -0.39 is 0 Å². The number of H-pyrrole nitrogens is 1. The van der Waals surface area contributed by atoms with Crippen LogP contribution < -0.4 is 5.32 Å². The summed E-state index contributed by atoms with van der Waals surface area (Å²) >= 11 is 0. The molecule has 0 bridgehead atoms. The number of aromatic nitrogens is 4. The van der Waals surface area contributed by atoms with Crippen molar-refractivity contribution in [3.8, 4) is 11.3 Å². The number of aromatic amines is 1. The summed E-state index contributed by atoms with van der Waals surface area (Å²) in [4.78, 5) is 20.9. The van der Waals surface area contributed by atoms with Gasteiger partial charge in [0.1, 0.15) is 5.69 Å². The van der Waals surface area contributed by atoms with Crippen molar-refractivity contribution in [3.05, 3.63) is 78.2 Å². The average molecular weight is 329 g/mol. The normalized spacial score (nSPS) is 10.7. The first-order valence-corrected chi connectivity index (χ1v) is 7.89. The van der Waals surface area contributed by atoms with E-state index in [2.05, 4.69) is 25.5 Å². The molecule has 122 valence electrons. The maximum Gasteiger partial charge on any atom is 0.253 e. The third kappa shape index (κ3) is 3.10. The molecule has 25 heavy (non-hydrogen) atoms. The Bertz CT molecular complexity index is 1010. The Balaban J connectivity index is 1.61. The van der Waals surface area contributed by atoms with Gasteiger partial charge in [0.25, 0.3) is 5.91 Å². The number of benzene rings is 1. The molecule has 4 aromatic rings. The first-order valence-electron chi connectivity index (χ1n) is 7.89. The summed E-state index contributed by atoms with van der Waals surface area (Å²) in [6.07, 6.45) is 3.25. The Morgan fingerprint density at radius 1 is 1.04 bits per heavy atom. The number of nitrogens with one attached hydrogen (secondary N) is 2. The van der Waals surface area contributed by atoms with E-state index in [0.717, 1.165) is 22.3 Å². The van der Waals surface area contributed by atoms with Crippen LogP contribution in [0, 0.1) is 0 Å². The lowest BCUT2D eigenvalue weighted by molar-refractivity contribution is 0.0950. The van der Waals surface area contributed by atoms with Crippen LogP contribution in [0.3, 0.4) is 0 Å². The maximum absolute atomic E-state index is 12.4. The van der Waals surface area contributed by atoms with E-state index in [4.69, 9.17) is 0 Å². The van der Waals surface area contributed by atoms with Gasteiger partial charge in [0.05, 0.1) is 17.8 Å². The maximum atomic E-state index is 12.4. The molecule has 1 amide bonds. The van der Waals surface area contributed by atoms with Gasteiger partial charge in [0, 0.05) is 23.3 Å². The molecule has 0 saturated heterocycles. The monoisotopic (exact) mass is 329 g/mol. The SMILES string of the molecule is O=C(NCc1ccccn1)c1cnc2[nH]nc(-c3ccccc3)c2c1. The summed E-state index contributed by atoms with van der Waals surface area (Å²) in [5.74, 6) is -0.194. The molecule has 0 radical (unpaired) electrons. The Kier molecular flexibility index (Phi) is 3.92. The number of hydrogen-bond acceptors (Lipinski definition) is 4. The van der Waals surface area contributed by atoms with E-state index in [1.807, 2.05) is 54.6 Å². The zero-order chi connectivity index (χ0) is 17.1. The number of amides is 1. The van der Waals surface area contributed by atoms with Crippen LogP contribution in [0.2, 0.25) is 0 Å². The van der Waals surface area contributed by atoms with E-state index in [1.54, 1.807) is 12.4 Å². The van der Waals surface area contributed by atoms with Gasteiger partial charge in [-0.1, -0.05) is 36.4 Å². The molecule has 3 heterocycles. The van der Waals surface area contributed by atoms with E-state index in [-0.39, 0.29) is 5.91 Å². The fourth-order valence-corrected chi connectivity index (χ4v) is 2.62. The predicted octanol–water partition coefficient (Wildman–Crippen LogP) is 2.95. The summed E-state index contributed by atoms with van der Waals surface area (Å²) in [6.45, 7) is 0.370. The minimum atomic E-state index is -0.194. The van der Waals surface area contributed by atoms with E-state index in [1.165, 1.54) is 0 Å². The van der Waals surface area contributed by atoms with Gasteiger partial charge in [-0.15, -0.1) is 0 Å². The summed E-state index contributed by atoms with van der Waals surface area (Å²) in [5, 5.41) is 10.9. The molecule has 0 fully saturated rings. The van der Waals surface area contributed by atoms with Crippen molar-refractivity contribution in [2.45, 2.75) is 6.54 Å². The lowest BCUT2D eigenvalue weighted by Gasteiger charge is -2.05. The highest BCUT2D eigenvalue weighted by molar-refractivity contribution is 5.99. The minimum Gasteiger partial charge on any atom is -0.346 e. The quantitative estimate of drug-likeness (QED) is 0.603. The Labute approximate surface area is 144 Å². The number of nitrogens with zero attached hydrogens (tertiary/aromatic N) is 3. The van der Waals surface area contributed by atoms with Crippen LogP contribution in [0.25, 0.3) is 22.3 Å². The van der Waals surface area contributed by atoms with Crippen molar-refractivity contribution in [1.29, 1.82) is 0 Å². The molecule has 3 aromatic heterocycles. The van der Waals surface area contributed by atoms with Crippen LogP contribution in [0.15, 0.2) is 67.0 Å². The Morgan fingerprint density at radius 3 is 2.68 bits per heavy atom. The van der Waals surface area contributed by atoms with E-state index in [0.29, 0.717) is 17.8 Å². The van der Waals surface area contributed by atoms with Crippen LogP contribution in [-0.2, 0) is 6.54 Å². The molecule has 0 spiro atoms. The number of carbonyl (C=O) groups is 1. The molecule has 0 aliphatic carbocycles. The molecular weight excluding hydrogens is 314 g/mol. The van der Waals surface area contributed by atoms with Crippen LogP contribution in [0.4, 0.5) is 0 Å². The van der Waals surface area contributed by atoms with Crippen molar-refractivity contribution >= 4 is 16.9 Å². The number of carbonyl (C=O) groups excluding carboxylic acids is 1. The van der Waals surface area contributed by atoms with Crippen molar-refractivity contribution in [1.82, 2.24) is 25.5 Å². The van der Waals surface area contributed by atoms with Crippen molar-refractivity contribution < 1.29 is 4.79 Å². The lowest BCUT2D eigenvalue weighted by Crippen LogP contribution is -2.23. The van der Waals surface area contributed by atoms with Gasteiger partial charge in [-0.2, -0.15) is 5.10 Å². The fourth-order valence-electron chi connectivity index (χ4n) is 2.62. The molecule has 1 aromatic carbocycles. The third-order valence-electron chi connectivity index (χ3n) is 3.88. The number of pyridine rings is 2. The van der Waals surface area contributed by atoms with Crippen LogP contribution in [0.1, 0.15) is 16.1 Å². The second-order valence-electron chi connectivity index (χ2n) is 5.56. The van der Waals surface area contributed by atoms with Gasteiger partial charge < -0.3 is 5.32 Å². The molecule has 0 unspecified atom stereocenters. The molecule has 6 nitrogen and oxygen atoms in total. The predicted molar refractivity (Wildman–Crippen MR) is 94.7 cm³/mol. The van der Waals surface area contributed by atoms with Gasteiger partial charge in [-0.05, 0) is 18.2 Å².